The van der Waals surface area contributed by atoms with Gasteiger partial charge in [-0.25, -0.2) is 13.5 Å². The maximum Gasteiger partial charge on any atom is 0.273 e. The van der Waals surface area contributed by atoms with Gasteiger partial charge in [0.1, 0.15) is 11.6 Å². The van der Waals surface area contributed by atoms with E-state index in [2.05, 4.69) is 15.6 Å². The molecule has 0 saturated carbocycles. The fourth-order valence-electron chi connectivity index (χ4n) is 3.74. The number of carbonyl (C=O) groups is 2. The average Bonchev–Trinajstić information content (AvgIpc) is 3.28. The number of para-hydroxylation sites is 1. The minimum atomic E-state index is -0.677. The molecule has 1 aromatic heterocycles. The maximum atomic E-state index is 13.4. The Kier molecular flexibility index (Phi) is 5.75. The van der Waals surface area contributed by atoms with Crippen LogP contribution in [0.5, 0.6) is 0 Å². The predicted molar refractivity (Wildman–Crippen MR) is 108 cm³/mol. The van der Waals surface area contributed by atoms with Crippen molar-refractivity contribution < 1.29 is 18.4 Å². The van der Waals surface area contributed by atoms with Gasteiger partial charge in [0.15, 0.2) is 5.69 Å². The van der Waals surface area contributed by atoms with Gasteiger partial charge in [0, 0.05) is 38.0 Å². The predicted octanol–water partition coefficient (Wildman–Crippen LogP) is 2.63. The van der Waals surface area contributed by atoms with Crippen molar-refractivity contribution in [2.75, 3.05) is 13.1 Å². The summed E-state index contributed by atoms with van der Waals surface area (Å²) in [5, 5.41) is 10.9. The third kappa shape index (κ3) is 4.60. The normalized spacial score (nSPS) is 16.0. The molecule has 1 unspecified atom stereocenters. The molecule has 1 atom stereocenters. The van der Waals surface area contributed by atoms with E-state index in [0.29, 0.717) is 17.8 Å². The smallest absolute Gasteiger partial charge is 0.273 e. The summed E-state index contributed by atoms with van der Waals surface area (Å²) in [5.41, 5.74) is 2.03. The van der Waals surface area contributed by atoms with Gasteiger partial charge in [-0.1, -0.05) is 23.4 Å². The fourth-order valence-corrected chi connectivity index (χ4v) is 3.74. The molecule has 0 aliphatic carbocycles. The number of amides is 2. The summed E-state index contributed by atoms with van der Waals surface area (Å²) in [6.45, 7) is 2.58. The van der Waals surface area contributed by atoms with Crippen molar-refractivity contribution in [1.29, 1.82) is 0 Å². The summed E-state index contributed by atoms with van der Waals surface area (Å²) < 4.78 is 28.4. The molecule has 3 aromatic rings. The topological polar surface area (TPSA) is 80.1 Å². The molecule has 7 nitrogen and oxygen atoms in total. The number of nitrogens with one attached hydrogen (secondary N) is 1. The molecule has 1 N–H and O–H groups in total. The lowest BCUT2D eigenvalue weighted by molar-refractivity contribution is -0.128. The largest absolute Gasteiger partial charge is 0.350 e. The van der Waals surface area contributed by atoms with E-state index in [1.54, 1.807) is 16.5 Å². The number of benzene rings is 2. The lowest BCUT2D eigenvalue weighted by Crippen LogP contribution is -2.31. The number of likely N-dealkylation sites (tertiary alicyclic amines) is 1. The van der Waals surface area contributed by atoms with Crippen LogP contribution in [0, 0.1) is 24.5 Å². The first-order valence-corrected chi connectivity index (χ1v) is 9.89. The molecule has 160 valence electrons. The maximum absolute atomic E-state index is 13.4. The van der Waals surface area contributed by atoms with Crippen molar-refractivity contribution in [1.82, 2.24) is 25.2 Å². The van der Waals surface area contributed by atoms with E-state index in [1.165, 1.54) is 12.1 Å². The molecule has 2 heterocycles. The van der Waals surface area contributed by atoms with Gasteiger partial charge < -0.3 is 10.2 Å². The number of halogens is 2. The van der Waals surface area contributed by atoms with Crippen molar-refractivity contribution in [3.05, 3.63) is 77.1 Å². The van der Waals surface area contributed by atoms with Crippen LogP contribution in [0.15, 0.2) is 48.5 Å². The number of nitrogens with zero attached hydrogens (tertiary/aromatic N) is 4. The Morgan fingerprint density at radius 2 is 1.87 bits per heavy atom. The van der Waals surface area contributed by atoms with Crippen LogP contribution in [-0.2, 0) is 11.3 Å². The highest BCUT2D eigenvalue weighted by Gasteiger charge is 2.30. The minimum Gasteiger partial charge on any atom is -0.350 e. The first kappa shape index (κ1) is 20.6. The molecular weight excluding hydrogens is 404 g/mol. The Labute approximate surface area is 177 Å². The molecule has 31 heavy (non-hydrogen) atoms. The minimum absolute atomic E-state index is 0.0978. The molecule has 1 aliphatic rings. The van der Waals surface area contributed by atoms with Crippen molar-refractivity contribution in [2.24, 2.45) is 5.92 Å². The van der Waals surface area contributed by atoms with Gasteiger partial charge in [-0.05, 0) is 36.8 Å². The summed E-state index contributed by atoms with van der Waals surface area (Å²) in [5.74, 6) is -1.93. The van der Waals surface area contributed by atoms with Crippen molar-refractivity contribution in [2.45, 2.75) is 19.9 Å². The van der Waals surface area contributed by atoms with Gasteiger partial charge >= 0.3 is 0 Å². The lowest BCUT2D eigenvalue weighted by Gasteiger charge is -2.17. The molecule has 1 fully saturated rings. The zero-order chi connectivity index (χ0) is 22.0. The highest BCUT2D eigenvalue weighted by molar-refractivity contribution is 5.93. The molecular formula is C22H21F2N5O2. The number of hydrogen-bond donors (Lipinski definition) is 1. The van der Waals surface area contributed by atoms with Gasteiger partial charge in [-0.3, -0.25) is 9.59 Å². The van der Waals surface area contributed by atoms with E-state index in [9.17, 15) is 18.4 Å². The zero-order valence-corrected chi connectivity index (χ0v) is 16.9. The quantitative estimate of drug-likeness (QED) is 0.659. The Morgan fingerprint density at radius 3 is 2.58 bits per heavy atom. The SMILES string of the molecule is Cc1c(C(=O)NCC2CC(=O)N(Cc3cc(F)cc(F)c3)C2)nnn1-c1ccccc1. The van der Waals surface area contributed by atoms with E-state index < -0.39 is 11.6 Å². The van der Waals surface area contributed by atoms with Crippen molar-refractivity contribution in [3.8, 4) is 5.69 Å². The van der Waals surface area contributed by atoms with E-state index >= 15 is 0 Å². The van der Waals surface area contributed by atoms with Crippen LogP contribution < -0.4 is 5.32 Å². The summed E-state index contributed by atoms with van der Waals surface area (Å²) in [7, 11) is 0. The highest BCUT2D eigenvalue weighted by Crippen LogP contribution is 2.21. The second-order valence-corrected chi connectivity index (χ2v) is 7.60. The van der Waals surface area contributed by atoms with E-state index in [1.807, 2.05) is 30.3 Å². The van der Waals surface area contributed by atoms with Crippen LogP contribution in [0.1, 0.15) is 28.2 Å². The van der Waals surface area contributed by atoms with E-state index in [-0.39, 0.29) is 42.9 Å². The number of carbonyl (C=O) groups excluding carboxylic acids is 2. The third-order valence-electron chi connectivity index (χ3n) is 5.25. The Bertz CT molecular complexity index is 1100. The monoisotopic (exact) mass is 425 g/mol. The molecule has 2 amide bonds. The second-order valence-electron chi connectivity index (χ2n) is 7.60. The van der Waals surface area contributed by atoms with Crippen molar-refractivity contribution >= 4 is 11.8 Å². The molecule has 0 spiro atoms. The standard InChI is InChI=1S/C22H21F2N5O2/c1-14-21(26-27-29(14)19-5-3-2-4-6-19)22(31)25-11-16-9-20(30)28(13-16)12-15-7-17(23)10-18(24)8-15/h2-8,10,16H,9,11-13H2,1H3,(H,25,31). The first-order valence-electron chi connectivity index (χ1n) is 9.89. The number of hydrogen-bond acceptors (Lipinski definition) is 4. The van der Waals surface area contributed by atoms with Crippen LogP contribution in [0.2, 0.25) is 0 Å². The molecule has 0 bridgehead atoms. The summed E-state index contributed by atoms with van der Waals surface area (Å²) >= 11 is 0. The van der Waals surface area contributed by atoms with Crippen LogP contribution in [-0.4, -0.2) is 44.8 Å². The van der Waals surface area contributed by atoms with Crippen LogP contribution >= 0.6 is 0 Å². The van der Waals surface area contributed by atoms with Gasteiger partial charge in [-0.15, -0.1) is 5.10 Å². The van der Waals surface area contributed by atoms with Crippen LogP contribution in [0.25, 0.3) is 5.69 Å². The molecule has 9 heteroatoms. The first-order chi connectivity index (χ1) is 14.9. The zero-order valence-electron chi connectivity index (χ0n) is 16.9. The molecule has 0 radical (unpaired) electrons. The van der Waals surface area contributed by atoms with Crippen LogP contribution in [0.4, 0.5) is 8.78 Å². The Balaban J connectivity index is 1.35. The van der Waals surface area contributed by atoms with E-state index in [4.69, 9.17) is 0 Å². The van der Waals surface area contributed by atoms with Gasteiger partial charge in [0.25, 0.3) is 5.91 Å². The second kappa shape index (κ2) is 8.63. The summed E-state index contributed by atoms with van der Waals surface area (Å²) in [6, 6.07) is 12.6. The van der Waals surface area contributed by atoms with Gasteiger partial charge in [0.2, 0.25) is 5.91 Å². The van der Waals surface area contributed by atoms with Crippen LogP contribution in [0.3, 0.4) is 0 Å². The molecule has 2 aromatic carbocycles. The summed E-state index contributed by atoms with van der Waals surface area (Å²) in [6.07, 6.45) is 0.258. The third-order valence-corrected chi connectivity index (χ3v) is 5.25. The molecule has 1 aliphatic heterocycles. The fraction of sp³-hybridized carbons (Fsp3) is 0.273. The Morgan fingerprint density at radius 1 is 1.16 bits per heavy atom. The summed E-state index contributed by atoms with van der Waals surface area (Å²) in [4.78, 5) is 26.4. The molecule has 1 saturated heterocycles. The van der Waals surface area contributed by atoms with E-state index in [0.717, 1.165) is 11.8 Å². The number of aromatic nitrogens is 3. The van der Waals surface area contributed by atoms with Gasteiger partial charge in [-0.2, -0.15) is 0 Å². The van der Waals surface area contributed by atoms with Crippen molar-refractivity contribution in [3.63, 3.8) is 0 Å². The molecule has 4 rings (SSSR count). The number of rotatable bonds is 6. The Hall–Kier alpha value is -3.62. The highest BCUT2D eigenvalue weighted by atomic mass is 19.1. The lowest BCUT2D eigenvalue weighted by atomic mass is 10.1. The van der Waals surface area contributed by atoms with Gasteiger partial charge in [0.05, 0.1) is 11.4 Å². The average molecular weight is 425 g/mol.